The largest absolute Gasteiger partial charge is 0.492 e. The van der Waals surface area contributed by atoms with Crippen LogP contribution < -0.4 is 10.3 Å². The quantitative estimate of drug-likeness (QED) is 0.576. The Balaban J connectivity index is 1.58. The average Bonchev–Trinajstić information content (AvgIpc) is 2.78. The second kappa shape index (κ2) is 9.65. The summed E-state index contributed by atoms with van der Waals surface area (Å²) in [6, 6.07) is 17.4. The van der Waals surface area contributed by atoms with Crippen molar-refractivity contribution in [1.82, 2.24) is 14.4 Å². The zero-order valence-corrected chi connectivity index (χ0v) is 18.1. The summed E-state index contributed by atoms with van der Waals surface area (Å²) in [5.41, 5.74) is 1.72. The van der Waals surface area contributed by atoms with Crippen LogP contribution in [0.25, 0.3) is 10.9 Å². The van der Waals surface area contributed by atoms with Gasteiger partial charge in [-0.3, -0.25) is 9.69 Å². The number of hydrogen-bond donors (Lipinski definition) is 0. The minimum Gasteiger partial charge on any atom is -0.492 e. The zero-order chi connectivity index (χ0) is 20.9. The summed E-state index contributed by atoms with van der Waals surface area (Å²) in [5, 5.41) is 1.66. The Labute approximate surface area is 182 Å². The number of halogens is 1. The van der Waals surface area contributed by atoms with Gasteiger partial charge in [-0.2, -0.15) is 0 Å². The maximum Gasteiger partial charge on any atom is 0.255 e. The molecule has 1 saturated heterocycles. The minimum atomic E-state index is 0.0411. The van der Waals surface area contributed by atoms with Gasteiger partial charge in [-0.15, -0.1) is 0 Å². The third-order valence-corrected chi connectivity index (χ3v) is 6.00. The third-order valence-electron chi connectivity index (χ3n) is 5.77. The van der Waals surface area contributed by atoms with Gasteiger partial charge in [-0.05, 0) is 42.3 Å². The van der Waals surface area contributed by atoms with E-state index in [1.165, 1.54) is 0 Å². The van der Waals surface area contributed by atoms with Crippen LogP contribution in [0, 0.1) is 0 Å². The molecule has 30 heavy (non-hydrogen) atoms. The Morgan fingerprint density at radius 1 is 0.967 bits per heavy atom. The highest BCUT2D eigenvalue weighted by atomic mass is 35.5. The van der Waals surface area contributed by atoms with Crippen LogP contribution in [-0.2, 0) is 13.1 Å². The maximum absolute atomic E-state index is 13.4. The first-order chi connectivity index (χ1) is 14.6. The van der Waals surface area contributed by atoms with Gasteiger partial charge < -0.3 is 14.2 Å². The Bertz CT molecular complexity index is 1040. The van der Waals surface area contributed by atoms with Gasteiger partial charge in [0.25, 0.3) is 5.56 Å². The third kappa shape index (κ3) is 4.86. The molecule has 0 bridgehead atoms. The van der Waals surface area contributed by atoms with E-state index in [4.69, 9.17) is 16.3 Å². The molecule has 3 aromatic rings. The van der Waals surface area contributed by atoms with Crippen LogP contribution in [0.4, 0.5) is 0 Å². The molecule has 2 heterocycles. The van der Waals surface area contributed by atoms with E-state index in [9.17, 15) is 4.79 Å². The van der Waals surface area contributed by atoms with Crippen molar-refractivity contribution in [3.8, 4) is 5.75 Å². The molecule has 1 aliphatic rings. The number of hydrogen-bond acceptors (Lipinski definition) is 4. The summed E-state index contributed by atoms with van der Waals surface area (Å²) >= 11 is 6.24. The van der Waals surface area contributed by atoms with Crippen LogP contribution >= 0.6 is 11.6 Å². The fraction of sp³-hybridized carbons (Fsp3) is 0.375. The monoisotopic (exact) mass is 425 g/mol. The summed E-state index contributed by atoms with van der Waals surface area (Å²) in [4.78, 5) is 18.2. The molecule has 4 rings (SSSR count). The number of nitrogens with zero attached hydrogens (tertiary/aromatic N) is 3. The first-order valence-electron chi connectivity index (χ1n) is 10.6. The molecule has 1 aliphatic heterocycles. The van der Waals surface area contributed by atoms with Gasteiger partial charge in [-0.25, -0.2) is 0 Å². The molecule has 1 fully saturated rings. The summed E-state index contributed by atoms with van der Waals surface area (Å²) in [7, 11) is 0. The fourth-order valence-corrected chi connectivity index (χ4v) is 4.18. The van der Waals surface area contributed by atoms with E-state index < -0.39 is 0 Å². The molecule has 6 heteroatoms. The topological polar surface area (TPSA) is 37.7 Å². The van der Waals surface area contributed by atoms with Crippen LogP contribution in [-0.4, -0.2) is 53.7 Å². The van der Waals surface area contributed by atoms with Gasteiger partial charge in [0.1, 0.15) is 12.4 Å². The Morgan fingerprint density at radius 2 is 1.70 bits per heavy atom. The highest BCUT2D eigenvalue weighted by Gasteiger charge is 2.18. The number of piperazine rings is 1. The van der Waals surface area contributed by atoms with Crippen LogP contribution in [0.5, 0.6) is 5.75 Å². The zero-order valence-electron chi connectivity index (χ0n) is 17.4. The lowest BCUT2D eigenvalue weighted by molar-refractivity contribution is 0.131. The van der Waals surface area contributed by atoms with E-state index in [-0.39, 0.29) is 5.56 Å². The van der Waals surface area contributed by atoms with Gasteiger partial charge in [0.15, 0.2) is 0 Å². The number of para-hydroxylation sites is 1. The van der Waals surface area contributed by atoms with Crippen LogP contribution in [0.1, 0.15) is 12.5 Å². The molecule has 0 unspecified atom stereocenters. The molecule has 0 atom stereocenters. The number of benzene rings is 2. The van der Waals surface area contributed by atoms with Gasteiger partial charge in [0, 0.05) is 43.3 Å². The summed E-state index contributed by atoms with van der Waals surface area (Å²) in [6.07, 6.45) is 0. The van der Waals surface area contributed by atoms with Crippen LogP contribution in [0.3, 0.4) is 0 Å². The molecule has 2 aromatic carbocycles. The summed E-state index contributed by atoms with van der Waals surface area (Å²) < 4.78 is 7.66. The number of aromatic nitrogens is 1. The molecular weight excluding hydrogens is 398 g/mol. The van der Waals surface area contributed by atoms with Gasteiger partial charge >= 0.3 is 0 Å². The van der Waals surface area contributed by atoms with Crippen molar-refractivity contribution < 1.29 is 4.74 Å². The standard InChI is InChI=1S/C24H28ClN3O2/c1-2-26-10-12-27(13-11-26)18-20-16-19-8-9-21(25)17-23(19)28(24(20)29)14-15-30-22-6-4-3-5-7-22/h3-9,16-17H,2,10-15,18H2,1H3. The minimum absolute atomic E-state index is 0.0411. The predicted molar refractivity (Wildman–Crippen MR) is 123 cm³/mol. The van der Waals surface area contributed by atoms with E-state index in [1.54, 1.807) is 0 Å². The van der Waals surface area contributed by atoms with E-state index in [0.29, 0.717) is 24.7 Å². The van der Waals surface area contributed by atoms with Gasteiger partial charge in [0.2, 0.25) is 0 Å². The highest BCUT2D eigenvalue weighted by molar-refractivity contribution is 6.31. The molecule has 158 valence electrons. The van der Waals surface area contributed by atoms with Crippen molar-refractivity contribution in [2.45, 2.75) is 20.0 Å². The molecule has 0 spiro atoms. The number of fused-ring (bicyclic) bond motifs is 1. The predicted octanol–water partition coefficient (Wildman–Crippen LogP) is 3.87. The lowest BCUT2D eigenvalue weighted by atomic mass is 10.1. The van der Waals surface area contributed by atoms with Crippen LogP contribution in [0.15, 0.2) is 59.4 Å². The summed E-state index contributed by atoms with van der Waals surface area (Å²) in [5.74, 6) is 0.804. The molecule has 0 radical (unpaired) electrons. The summed E-state index contributed by atoms with van der Waals surface area (Å²) in [6.45, 7) is 8.93. The molecule has 1 aromatic heterocycles. The average molecular weight is 426 g/mol. The smallest absolute Gasteiger partial charge is 0.255 e. The van der Waals surface area contributed by atoms with Crippen molar-refractivity contribution in [2.24, 2.45) is 0 Å². The molecule has 5 nitrogen and oxygen atoms in total. The van der Waals surface area contributed by atoms with Crippen molar-refractivity contribution in [3.05, 3.63) is 75.5 Å². The maximum atomic E-state index is 13.4. The van der Waals surface area contributed by atoms with E-state index in [0.717, 1.165) is 54.9 Å². The van der Waals surface area contributed by atoms with E-state index in [1.807, 2.05) is 59.2 Å². The molecular formula is C24H28ClN3O2. The highest BCUT2D eigenvalue weighted by Crippen LogP contribution is 2.20. The molecule has 0 saturated carbocycles. The first kappa shape index (κ1) is 20.9. The first-order valence-corrected chi connectivity index (χ1v) is 11.0. The molecule has 0 aliphatic carbocycles. The van der Waals surface area contributed by atoms with Crippen molar-refractivity contribution in [3.63, 3.8) is 0 Å². The number of ether oxygens (including phenoxy) is 1. The lowest BCUT2D eigenvalue weighted by Crippen LogP contribution is -2.46. The molecule has 0 amide bonds. The molecule has 0 N–H and O–H groups in total. The Kier molecular flexibility index (Phi) is 6.72. The van der Waals surface area contributed by atoms with Crippen molar-refractivity contribution in [1.29, 1.82) is 0 Å². The van der Waals surface area contributed by atoms with Crippen LogP contribution in [0.2, 0.25) is 5.02 Å². The van der Waals surface area contributed by atoms with Gasteiger partial charge in [-0.1, -0.05) is 42.8 Å². The van der Waals surface area contributed by atoms with E-state index >= 15 is 0 Å². The second-order valence-corrected chi connectivity index (χ2v) is 8.14. The number of pyridine rings is 1. The Hall–Kier alpha value is -2.34. The van der Waals surface area contributed by atoms with Crippen molar-refractivity contribution in [2.75, 3.05) is 39.3 Å². The number of likely N-dealkylation sites (N-methyl/N-ethyl adjacent to an activating group) is 1. The van der Waals surface area contributed by atoms with Gasteiger partial charge in [0.05, 0.1) is 12.1 Å². The SMILES string of the molecule is CCN1CCN(Cc2cc3ccc(Cl)cc3n(CCOc3ccccc3)c2=O)CC1. The second-order valence-electron chi connectivity index (χ2n) is 7.70. The fourth-order valence-electron chi connectivity index (χ4n) is 4.02. The normalized spacial score (nSPS) is 15.5. The lowest BCUT2D eigenvalue weighted by Gasteiger charge is -2.34. The number of rotatable bonds is 7. The van der Waals surface area contributed by atoms with E-state index in [2.05, 4.69) is 16.7 Å². The Morgan fingerprint density at radius 3 is 2.43 bits per heavy atom. The van der Waals surface area contributed by atoms with Crippen molar-refractivity contribution >= 4 is 22.5 Å².